The van der Waals surface area contributed by atoms with Crippen LogP contribution in [0.3, 0.4) is 0 Å². The number of likely N-dealkylation sites (tertiary alicyclic amines) is 1. The Hall–Kier alpha value is -10.8. The highest BCUT2D eigenvalue weighted by Gasteiger charge is 2.53. The van der Waals surface area contributed by atoms with Gasteiger partial charge in [0.05, 0.1) is 104 Å². The zero-order valence-corrected chi connectivity index (χ0v) is 60.1. The standard InChI is InChI=1S/C75H93FN16O15/c1-101-69(99)51-88(50-67(97)80-32-42-104-46-47-105-43-33-81-68(98)52-107-60-23-15-54(16-24-60)8-5-35-91-71-61(48-82-91)72-84-70(63-12-7-39-106-63)86-92(72)74(77)85-71)49-66(96)79-31-41-103-45-44-102-40-30-78-64(94)25-26-65(95)83-58-21-13-55(14-22-58)27-36-89-53-90(59-9-3-2-4-10-59)75(73(89)100)28-37-87(38-29-75)34-6-11-62(93)56-17-19-57(76)20-18-56/h2-4,7,9-10,12-24,39,48H,5-6,8,11,25-38,40-47,49-53H2,1H3,(H2,77,85)(H,78,94)(H,79,96)(H,80,97)(H,81,98)(H,83,95). The molecule has 6 amide bonds. The van der Waals surface area contributed by atoms with Gasteiger partial charge in [-0.1, -0.05) is 42.5 Å². The van der Waals surface area contributed by atoms with E-state index in [0.29, 0.717) is 91.7 Å². The highest BCUT2D eigenvalue weighted by molar-refractivity contribution is 5.96. The number of ketones is 1. The van der Waals surface area contributed by atoms with Crippen LogP contribution in [0.1, 0.15) is 66.4 Å². The first-order valence-electron chi connectivity index (χ1n) is 35.9. The molecule has 7 N–H and O–H groups in total. The summed E-state index contributed by atoms with van der Waals surface area (Å²) in [6.45, 7) is 5.31. The minimum absolute atomic E-state index is 0.0108. The fourth-order valence-electron chi connectivity index (χ4n) is 12.5. The Labute approximate surface area is 618 Å². The van der Waals surface area contributed by atoms with Crippen LogP contribution >= 0.6 is 0 Å². The van der Waals surface area contributed by atoms with Crippen LogP contribution < -0.4 is 42.0 Å². The van der Waals surface area contributed by atoms with Gasteiger partial charge in [-0.25, -0.2) is 14.1 Å². The molecule has 2 saturated heterocycles. The van der Waals surface area contributed by atoms with Crippen LogP contribution in [0.5, 0.6) is 5.75 Å². The summed E-state index contributed by atoms with van der Waals surface area (Å²) < 4.78 is 54.7. The molecule has 10 rings (SSSR count). The third-order valence-electron chi connectivity index (χ3n) is 18.1. The van der Waals surface area contributed by atoms with Gasteiger partial charge in [-0.3, -0.25) is 43.3 Å². The van der Waals surface area contributed by atoms with E-state index in [0.717, 1.165) is 54.7 Å². The van der Waals surface area contributed by atoms with Crippen LogP contribution in [0.2, 0.25) is 0 Å². The molecule has 0 unspecified atom stereocenters. The molecule has 4 aromatic heterocycles. The molecule has 107 heavy (non-hydrogen) atoms. The predicted molar refractivity (Wildman–Crippen MR) is 392 cm³/mol. The van der Waals surface area contributed by atoms with E-state index >= 15 is 0 Å². The number of nitrogens with one attached hydrogen (secondary N) is 5. The highest BCUT2D eigenvalue weighted by atomic mass is 19.1. The number of piperidine rings is 1. The third kappa shape index (κ3) is 23.9. The van der Waals surface area contributed by atoms with Gasteiger partial charge in [0.15, 0.2) is 29.4 Å². The maximum Gasteiger partial charge on any atom is 0.319 e. The molecule has 6 heterocycles. The summed E-state index contributed by atoms with van der Waals surface area (Å²) in [4.78, 5) is 119. The number of ether oxygens (including phenoxy) is 6. The Morgan fingerprint density at radius 1 is 0.626 bits per heavy atom. The van der Waals surface area contributed by atoms with Gasteiger partial charge in [0.2, 0.25) is 41.3 Å². The number of aryl methyl sites for hydroxylation is 2. The molecule has 0 atom stereocenters. The van der Waals surface area contributed by atoms with Crippen LogP contribution in [0, 0.1) is 5.82 Å². The number of methoxy groups -OCH3 is 1. The lowest BCUT2D eigenvalue weighted by atomic mass is 9.85. The average molecular weight is 1480 g/mol. The van der Waals surface area contributed by atoms with E-state index in [4.69, 9.17) is 38.6 Å². The van der Waals surface area contributed by atoms with Crippen molar-refractivity contribution in [1.82, 2.24) is 65.3 Å². The predicted octanol–water partition coefficient (Wildman–Crippen LogP) is 4.24. The van der Waals surface area contributed by atoms with E-state index < -0.39 is 23.3 Å². The van der Waals surface area contributed by atoms with Crippen molar-refractivity contribution in [2.45, 2.75) is 69.9 Å². The molecule has 0 bridgehead atoms. The van der Waals surface area contributed by atoms with Crippen LogP contribution in [0.25, 0.3) is 28.3 Å². The number of rotatable bonds is 45. The van der Waals surface area contributed by atoms with Crippen LogP contribution in [0.15, 0.2) is 132 Å². The van der Waals surface area contributed by atoms with Gasteiger partial charge >= 0.3 is 5.97 Å². The molecule has 0 aliphatic carbocycles. The SMILES string of the molecule is COC(=O)CN(CC(=O)NCCOCCOCCNC(=O)CCC(=O)Nc1ccc(CCN2CN(c3ccccc3)C3(CCN(CCCC(=O)c4ccc(F)cc4)CC3)C2=O)cc1)CC(=O)NCCOCCOCCNC(=O)COc1ccc(CCCn2ncc3c2nc(N)n2nc(-c4ccco4)nc32)cc1. The molecule has 0 radical (unpaired) electrons. The highest BCUT2D eigenvalue weighted by Crippen LogP contribution is 2.40. The molecule has 2 fully saturated rings. The first kappa shape index (κ1) is 78.8. The number of amides is 6. The molecule has 2 aliphatic rings. The fraction of sp³-hybridized carbons (Fsp3) is 0.440. The molecule has 8 aromatic rings. The minimum atomic E-state index is -0.671. The third-order valence-corrected chi connectivity index (χ3v) is 18.1. The summed E-state index contributed by atoms with van der Waals surface area (Å²) in [5.41, 5.74) is 10.9. The minimum Gasteiger partial charge on any atom is -0.484 e. The van der Waals surface area contributed by atoms with Gasteiger partial charge in [0.25, 0.3) is 5.91 Å². The smallest absolute Gasteiger partial charge is 0.319 e. The number of furan rings is 1. The number of esters is 1. The van der Waals surface area contributed by atoms with Crippen molar-refractivity contribution >= 4 is 81.2 Å². The maximum absolute atomic E-state index is 14.4. The Morgan fingerprint density at radius 3 is 1.88 bits per heavy atom. The van der Waals surface area contributed by atoms with Crippen LogP contribution in [0.4, 0.5) is 21.7 Å². The van der Waals surface area contributed by atoms with Gasteiger partial charge in [0.1, 0.15) is 17.1 Å². The zero-order chi connectivity index (χ0) is 75.2. The second kappa shape index (κ2) is 40.6. The Bertz CT molecular complexity index is 4200. The quantitative estimate of drug-likeness (QED) is 0.0177. The van der Waals surface area contributed by atoms with E-state index in [1.54, 1.807) is 29.3 Å². The Balaban J connectivity index is 0.498. The van der Waals surface area contributed by atoms with E-state index in [-0.39, 0.29) is 159 Å². The normalized spacial score (nSPS) is 13.5. The summed E-state index contributed by atoms with van der Waals surface area (Å²) in [6.07, 6.45) is 7.73. The van der Waals surface area contributed by atoms with Crippen molar-refractivity contribution in [1.29, 1.82) is 0 Å². The number of carbonyl (C=O) groups excluding carboxylic acids is 8. The number of nitrogens with zero attached hydrogens (tertiary/aromatic N) is 10. The summed E-state index contributed by atoms with van der Waals surface area (Å²) in [5, 5.41) is 23.4. The first-order valence-corrected chi connectivity index (χ1v) is 35.9. The first-order chi connectivity index (χ1) is 52.1. The topological polar surface area (TPSA) is 365 Å². The molecule has 31 nitrogen and oxygen atoms in total. The number of nitrogens with two attached hydrogens (primary N) is 1. The number of carbonyl (C=O) groups is 8. The average Bonchev–Trinajstić information content (AvgIpc) is 1.61. The van der Waals surface area contributed by atoms with Crippen molar-refractivity contribution in [3.63, 3.8) is 0 Å². The second-order valence-corrected chi connectivity index (χ2v) is 25.7. The molecule has 32 heteroatoms. The van der Waals surface area contributed by atoms with Crippen molar-refractivity contribution in [2.75, 3.05) is 161 Å². The van der Waals surface area contributed by atoms with Gasteiger partial charge in [-0.2, -0.15) is 14.6 Å². The van der Waals surface area contributed by atoms with Crippen molar-refractivity contribution in [2.24, 2.45) is 0 Å². The summed E-state index contributed by atoms with van der Waals surface area (Å²) in [6, 6.07) is 34.2. The van der Waals surface area contributed by atoms with E-state index in [2.05, 4.69) is 56.5 Å². The number of benzene rings is 4. The number of para-hydroxylation sites is 1. The van der Waals surface area contributed by atoms with Gasteiger partial charge in [-0.05, 0) is 129 Å². The lowest BCUT2D eigenvalue weighted by molar-refractivity contribution is -0.142. The monoisotopic (exact) mass is 1480 g/mol. The molecule has 0 saturated carbocycles. The second-order valence-electron chi connectivity index (χ2n) is 25.7. The number of hydrogen-bond donors (Lipinski definition) is 6. The molecular weight excluding hydrogens is 1380 g/mol. The molecule has 1 spiro atoms. The Morgan fingerprint density at radius 2 is 1.24 bits per heavy atom. The number of anilines is 3. The zero-order valence-electron chi connectivity index (χ0n) is 60.1. The Kier molecular flexibility index (Phi) is 29.9. The maximum atomic E-state index is 14.4. The molecule has 2 aliphatic heterocycles. The number of aromatic nitrogens is 6. The lowest BCUT2D eigenvalue weighted by Gasteiger charge is -2.43. The summed E-state index contributed by atoms with van der Waals surface area (Å²) >= 11 is 0. The van der Waals surface area contributed by atoms with E-state index in [9.17, 15) is 42.7 Å². The van der Waals surface area contributed by atoms with Gasteiger partial charge in [-0.15, -0.1) is 5.10 Å². The summed E-state index contributed by atoms with van der Waals surface area (Å²) in [5.74, 6) is -1.03. The van der Waals surface area contributed by atoms with E-state index in [1.807, 2.05) is 83.8 Å². The number of fused-ring (bicyclic) bond motifs is 3. The van der Waals surface area contributed by atoms with E-state index in [1.165, 1.54) is 40.8 Å². The summed E-state index contributed by atoms with van der Waals surface area (Å²) in [7, 11) is 1.21. The van der Waals surface area contributed by atoms with Crippen molar-refractivity contribution < 1.29 is 75.6 Å². The molecule has 570 valence electrons. The number of halogens is 1. The van der Waals surface area contributed by atoms with Crippen LogP contribution in [-0.4, -0.2) is 242 Å². The molecular formula is C75H93FN16O15. The number of Topliss-reactive ketones (excluding diaryl/α,β-unsaturated/α-hetero) is 1. The molecule has 4 aromatic carbocycles. The largest absolute Gasteiger partial charge is 0.484 e. The number of hydrogen-bond acceptors (Lipinski definition) is 23. The lowest BCUT2D eigenvalue weighted by Crippen LogP contribution is -2.56. The number of nitrogen functional groups attached to an aromatic ring is 1. The van der Waals surface area contributed by atoms with Crippen molar-refractivity contribution in [3.8, 4) is 17.3 Å². The van der Waals surface area contributed by atoms with Crippen molar-refractivity contribution in [3.05, 3.63) is 150 Å². The van der Waals surface area contributed by atoms with Gasteiger partial charge in [0, 0.05) is 88.6 Å². The van der Waals surface area contributed by atoms with Crippen LogP contribution in [-0.2, 0) is 76.6 Å². The fourth-order valence-corrected chi connectivity index (χ4v) is 12.5. The van der Waals surface area contributed by atoms with Gasteiger partial charge < -0.3 is 79.9 Å².